The van der Waals surface area contributed by atoms with Gasteiger partial charge < -0.3 is 15.1 Å². The molecule has 2 rings (SSSR count). The van der Waals surface area contributed by atoms with Crippen LogP contribution in [0.4, 0.5) is 4.39 Å². The second-order valence-corrected chi connectivity index (χ2v) is 8.50. The van der Waals surface area contributed by atoms with Gasteiger partial charge in [0.05, 0.1) is 0 Å². The number of sulfonamides is 1. The van der Waals surface area contributed by atoms with Crippen molar-refractivity contribution in [1.82, 2.24) is 19.4 Å². The van der Waals surface area contributed by atoms with Gasteiger partial charge in [0, 0.05) is 32.7 Å². The first-order valence-corrected chi connectivity index (χ1v) is 10.1. The number of rotatable bonds is 6. The zero-order valence-corrected chi connectivity index (χ0v) is 16.2. The van der Waals surface area contributed by atoms with Crippen molar-refractivity contribution in [3.63, 3.8) is 0 Å². The molecule has 0 aliphatic carbocycles. The Bertz CT molecular complexity index is 689. The molecule has 0 unspecified atom stereocenters. The van der Waals surface area contributed by atoms with Crippen molar-refractivity contribution in [2.75, 3.05) is 53.4 Å². The smallest absolute Gasteiger partial charge is 0.246 e. The average molecular weight is 389 g/mol. The zero-order valence-electron chi connectivity index (χ0n) is 14.6. The maximum absolute atomic E-state index is 13.8. The molecule has 25 heavy (non-hydrogen) atoms. The summed E-state index contributed by atoms with van der Waals surface area (Å²) in [4.78, 5) is 3.79. The summed E-state index contributed by atoms with van der Waals surface area (Å²) in [5.74, 6) is -0.719. The molecule has 0 radical (unpaired) electrons. The van der Waals surface area contributed by atoms with E-state index in [2.05, 4.69) is 10.2 Å². The van der Waals surface area contributed by atoms with Crippen molar-refractivity contribution in [2.45, 2.75) is 11.3 Å². The standard InChI is InChI=1S/C16H25FN4O2S2/c1-19(2)9-5-8-18-16(24)20-10-12-21(13-11-20)25(22,23)15-7-4-3-6-14(15)17/h3-4,6-7H,5,8-13H2,1-2H3,(H,18,24). The Hall–Kier alpha value is -1.29. The molecule has 0 amide bonds. The van der Waals surface area contributed by atoms with Crippen LogP contribution in [-0.2, 0) is 10.0 Å². The lowest BCUT2D eigenvalue weighted by Gasteiger charge is -2.35. The highest BCUT2D eigenvalue weighted by Crippen LogP contribution is 2.20. The summed E-state index contributed by atoms with van der Waals surface area (Å²) in [7, 11) is 0.233. The summed E-state index contributed by atoms with van der Waals surface area (Å²) < 4.78 is 40.3. The third-order valence-electron chi connectivity index (χ3n) is 4.04. The molecule has 6 nitrogen and oxygen atoms in total. The molecule has 1 fully saturated rings. The maximum Gasteiger partial charge on any atom is 0.246 e. The lowest BCUT2D eigenvalue weighted by molar-refractivity contribution is 0.263. The van der Waals surface area contributed by atoms with Crippen molar-refractivity contribution in [2.24, 2.45) is 0 Å². The van der Waals surface area contributed by atoms with E-state index in [1.807, 2.05) is 19.0 Å². The topological polar surface area (TPSA) is 55.9 Å². The van der Waals surface area contributed by atoms with Crippen LogP contribution in [0, 0.1) is 5.82 Å². The van der Waals surface area contributed by atoms with Crippen molar-refractivity contribution in [3.05, 3.63) is 30.1 Å². The molecule has 0 aromatic heterocycles. The zero-order chi connectivity index (χ0) is 18.4. The van der Waals surface area contributed by atoms with Gasteiger partial charge in [0.2, 0.25) is 10.0 Å². The number of nitrogens with zero attached hydrogens (tertiary/aromatic N) is 3. The Morgan fingerprint density at radius 2 is 1.88 bits per heavy atom. The summed E-state index contributed by atoms with van der Waals surface area (Å²) in [5, 5.41) is 3.85. The summed E-state index contributed by atoms with van der Waals surface area (Å²) in [5.41, 5.74) is 0. The summed E-state index contributed by atoms with van der Waals surface area (Å²) >= 11 is 5.37. The molecule has 0 saturated carbocycles. The normalized spacial score (nSPS) is 16.2. The van der Waals surface area contributed by atoms with Crippen molar-refractivity contribution < 1.29 is 12.8 Å². The van der Waals surface area contributed by atoms with Gasteiger partial charge in [0.1, 0.15) is 10.7 Å². The van der Waals surface area contributed by atoms with Gasteiger partial charge in [0.15, 0.2) is 5.11 Å². The van der Waals surface area contributed by atoms with Crippen molar-refractivity contribution in [3.8, 4) is 0 Å². The second kappa shape index (κ2) is 8.88. The van der Waals surface area contributed by atoms with Crippen molar-refractivity contribution >= 4 is 27.4 Å². The minimum absolute atomic E-state index is 0.271. The maximum atomic E-state index is 13.8. The molecular formula is C16H25FN4O2S2. The summed E-state index contributed by atoms with van der Waals surface area (Å²) in [6.45, 7) is 3.32. The molecule has 1 aliphatic rings. The van der Waals surface area contributed by atoms with E-state index < -0.39 is 15.8 Å². The average Bonchev–Trinajstić information content (AvgIpc) is 2.58. The molecule has 140 valence electrons. The molecule has 1 N–H and O–H groups in total. The Morgan fingerprint density at radius 3 is 2.48 bits per heavy atom. The Labute approximate surface area is 154 Å². The quantitative estimate of drug-likeness (QED) is 0.579. The summed E-state index contributed by atoms with van der Waals surface area (Å²) in [6.07, 6.45) is 0.981. The van der Waals surface area contributed by atoms with Crippen LogP contribution >= 0.6 is 12.2 Å². The fraction of sp³-hybridized carbons (Fsp3) is 0.562. The molecule has 1 saturated heterocycles. The molecule has 0 spiro atoms. The Kier molecular flexibility index (Phi) is 7.12. The van der Waals surface area contributed by atoms with Crippen LogP contribution in [-0.4, -0.2) is 81.0 Å². The molecule has 0 bridgehead atoms. The van der Waals surface area contributed by atoms with E-state index in [4.69, 9.17) is 12.2 Å². The van der Waals surface area contributed by atoms with E-state index in [9.17, 15) is 12.8 Å². The molecule has 0 atom stereocenters. The largest absolute Gasteiger partial charge is 0.363 e. The first-order chi connectivity index (χ1) is 11.8. The fourth-order valence-corrected chi connectivity index (χ4v) is 4.40. The second-order valence-electron chi connectivity index (χ2n) is 6.21. The van der Waals surface area contributed by atoms with Crippen LogP contribution in [0.1, 0.15) is 6.42 Å². The van der Waals surface area contributed by atoms with Gasteiger partial charge in [-0.25, -0.2) is 12.8 Å². The predicted molar refractivity (Wildman–Crippen MR) is 101 cm³/mol. The molecule has 1 aromatic carbocycles. The van der Waals surface area contributed by atoms with E-state index in [0.29, 0.717) is 18.2 Å². The number of nitrogens with one attached hydrogen (secondary N) is 1. The lowest BCUT2D eigenvalue weighted by Crippen LogP contribution is -2.53. The van der Waals surface area contributed by atoms with Crippen LogP contribution in [0.15, 0.2) is 29.2 Å². The lowest BCUT2D eigenvalue weighted by atomic mass is 10.3. The van der Waals surface area contributed by atoms with E-state index in [-0.39, 0.29) is 18.0 Å². The first-order valence-electron chi connectivity index (χ1n) is 8.24. The highest BCUT2D eigenvalue weighted by atomic mass is 32.2. The van der Waals surface area contributed by atoms with Gasteiger partial charge in [-0.1, -0.05) is 12.1 Å². The van der Waals surface area contributed by atoms with E-state index >= 15 is 0 Å². The minimum atomic E-state index is -3.81. The SMILES string of the molecule is CN(C)CCCNC(=S)N1CCN(S(=O)(=O)c2ccccc2F)CC1. The van der Waals surface area contributed by atoms with Crippen LogP contribution in [0.25, 0.3) is 0 Å². The van der Waals surface area contributed by atoms with Gasteiger partial charge in [-0.15, -0.1) is 0 Å². The minimum Gasteiger partial charge on any atom is -0.363 e. The predicted octanol–water partition coefficient (Wildman–Crippen LogP) is 0.958. The number of halogens is 1. The van der Waals surface area contributed by atoms with Crippen molar-refractivity contribution in [1.29, 1.82) is 0 Å². The van der Waals surface area contributed by atoms with Gasteiger partial charge in [-0.3, -0.25) is 0 Å². The molecule has 9 heteroatoms. The van der Waals surface area contributed by atoms with Crippen LogP contribution in [0.3, 0.4) is 0 Å². The number of benzene rings is 1. The Morgan fingerprint density at radius 1 is 1.24 bits per heavy atom. The number of piperazine rings is 1. The number of hydrogen-bond donors (Lipinski definition) is 1. The monoisotopic (exact) mass is 388 g/mol. The number of hydrogen-bond acceptors (Lipinski definition) is 4. The highest BCUT2D eigenvalue weighted by Gasteiger charge is 2.30. The van der Waals surface area contributed by atoms with E-state index in [1.165, 1.54) is 22.5 Å². The summed E-state index contributed by atoms with van der Waals surface area (Å²) in [6, 6.07) is 5.47. The van der Waals surface area contributed by atoms with Gasteiger partial charge in [-0.05, 0) is 51.4 Å². The Balaban J connectivity index is 1.87. The van der Waals surface area contributed by atoms with E-state index in [1.54, 1.807) is 0 Å². The molecule has 1 aromatic rings. The first kappa shape index (κ1) is 20.0. The third-order valence-corrected chi connectivity index (χ3v) is 6.37. The fourth-order valence-electron chi connectivity index (χ4n) is 2.63. The van der Waals surface area contributed by atoms with Crippen LogP contribution < -0.4 is 5.32 Å². The molecule has 1 aliphatic heterocycles. The van der Waals surface area contributed by atoms with Crippen LogP contribution in [0.5, 0.6) is 0 Å². The highest BCUT2D eigenvalue weighted by molar-refractivity contribution is 7.89. The van der Waals surface area contributed by atoms with Gasteiger partial charge in [0.25, 0.3) is 0 Å². The third kappa shape index (κ3) is 5.34. The molecular weight excluding hydrogens is 363 g/mol. The van der Waals surface area contributed by atoms with Gasteiger partial charge in [-0.2, -0.15) is 4.31 Å². The molecule has 1 heterocycles. The van der Waals surface area contributed by atoms with Crippen LogP contribution in [0.2, 0.25) is 0 Å². The van der Waals surface area contributed by atoms with E-state index in [0.717, 1.165) is 25.6 Å². The number of thiocarbonyl (C=S) groups is 1. The van der Waals surface area contributed by atoms with Gasteiger partial charge >= 0.3 is 0 Å².